The zero-order chi connectivity index (χ0) is 35.9. The number of anilines is 1. The summed E-state index contributed by atoms with van der Waals surface area (Å²) in [5.74, 6) is 2.52. The molecule has 0 spiro atoms. The van der Waals surface area contributed by atoms with Crippen molar-refractivity contribution in [2.45, 2.75) is 44.1 Å². The van der Waals surface area contributed by atoms with Crippen molar-refractivity contribution in [2.24, 2.45) is 0 Å². The number of ether oxygens (including phenoxy) is 3. The first-order valence-corrected chi connectivity index (χ1v) is 18.6. The maximum Gasteiger partial charge on any atom is 0.254 e. The van der Waals surface area contributed by atoms with E-state index in [2.05, 4.69) is 99.3 Å². The minimum absolute atomic E-state index is 0.0193. The molecule has 1 unspecified atom stereocenters. The third-order valence-electron chi connectivity index (χ3n) is 11.0. The van der Waals surface area contributed by atoms with E-state index in [1.54, 1.807) is 33.5 Å². The number of hydrogen-bond donors (Lipinski definition) is 0. The fourth-order valence-electron chi connectivity index (χ4n) is 8.19. The van der Waals surface area contributed by atoms with Crippen LogP contribution in [0.15, 0.2) is 97.1 Å². The zero-order valence-electron chi connectivity index (χ0n) is 30.8. The number of methoxy groups -OCH3 is 3. The Morgan fingerprint density at radius 1 is 0.769 bits per heavy atom. The number of para-hydroxylation sites is 2. The molecule has 1 amide bonds. The van der Waals surface area contributed by atoms with E-state index in [4.69, 9.17) is 19.2 Å². The van der Waals surface area contributed by atoms with Gasteiger partial charge in [-0.1, -0.05) is 72.8 Å². The maximum atomic E-state index is 14.0. The van der Waals surface area contributed by atoms with Gasteiger partial charge in [0.2, 0.25) is 11.7 Å². The van der Waals surface area contributed by atoms with Crippen molar-refractivity contribution >= 4 is 22.9 Å². The number of carbonyl (C=O) groups excluding carboxylic acids is 1. The molecule has 5 aromatic rings. The second-order valence-electron chi connectivity index (χ2n) is 14.1. The van der Waals surface area contributed by atoms with Crippen LogP contribution >= 0.6 is 0 Å². The molecule has 9 heteroatoms. The highest BCUT2D eigenvalue weighted by Gasteiger charge is 2.42. The highest BCUT2D eigenvalue weighted by molar-refractivity contribution is 5.96. The number of benzene rings is 4. The lowest BCUT2D eigenvalue weighted by molar-refractivity contribution is 0.0780. The molecule has 1 aromatic heterocycles. The Balaban J connectivity index is 1.04. The molecule has 1 atom stereocenters. The molecule has 0 N–H and O–H groups in total. The average Bonchev–Trinajstić information content (AvgIpc) is 3.72. The highest BCUT2D eigenvalue weighted by Crippen LogP contribution is 2.41. The summed E-state index contributed by atoms with van der Waals surface area (Å²) in [6.45, 7) is 7.22. The highest BCUT2D eigenvalue weighted by atomic mass is 16.5. The van der Waals surface area contributed by atoms with Crippen LogP contribution in [0.2, 0.25) is 0 Å². The first kappa shape index (κ1) is 35.4. The molecule has 2 fully saturated rings. The topological polar surface area (TPSA) is 72.3 Å². The van der Waals surface area contributed by atoms with Crippen molar-refractivity contribution in [1.29, 1.82) is 0 Å². The zero-order valence-corrected chi connectivity index (χ0v) is 30.8. The van der Waals surface area contributed by atoms with E-state index in [1.807, 2.05) is 4.90 Å². The average molecular weight is 702 g/mol. The number of aryl methyl sites for hydroxylation is 2. The smallest absolute Gasteiger partial charge is 0.254 e. The van der Waals surface area contributed by atoms with Crippen LogP contribution in [0.5, 0.6) is 17.2 Å². The molecular formula is C43H51N5O4. The van der Waals surface area contributed by atoms with Gasteiger partial charge >= 0.3 is 0 Å². The summed E-state index contributed by atoms with van der Waals surface area (Å²) in [6.07, 6.45) is 5.10. The maximum absolute atomic E-state index is 14.0. The molecule has 2 saturated heterocycles. The van der Waals surface area contributed by atoms with E-state index in [1.165, 1.54) is 16.6 Å². The van der Waals surface area contributed by atoms with E-state index in [-0.39, 0.29) is 11.3 Å². The van der Waals surface area contributed by atoms with Gasteiger partial charge in [-0.05, 0) is 80.6 Å². The molecule has 7 rings (SSSR count). The van der Waals surface area contributed by atoms with Crippen molar-refractivity contribution in [3.8, 4) is 17.2 Å². The Labute approximate surface area is 307 Å². The van der Waals surface area contributed by atoms with Gasteiger partial charge in [-0.15, -0.1) is 0 Å². The molecule has 3 heterocycles. The minimum Gasteiger partial charge on any atom is -0.493 e. The lowest BCUT2D eigenvalue weighted by atomic mass is 9.76. The van der Waals surface area contributed by atoms with Crippen molar-refractivity contribution in [2.75, 3.05) is 72.0 Å². The number of nitrogens with zero attached hydrogens (tertiary/aromatic N) is 5. The largest absolute Gasteiger partial charge is 0.493 e. The summed E-state index contributed by atoms with van der Waals surface area (Å²) in [5, 5.41) is 0. The van der Waals surface area contributed by atoms with Crippen LogP contribution in [-0.2, 0) is 18.4 Å². The fraction of sp³-hybridized carbons (Fsp3) is 0.395. The van der Waals surface area contributed by atoms with E-state index in [9.17, 15) is 4.79 Å². The number of aromatic nitrogens is 2. The van der Waals surface area contributed by atoms with Gasteiger partial charge in [-0.25, -0.2) is 4.98 Å². The van der Waals surface area contributed by atoms with Crippen molar-refractivity contribution in [3.63, 3.8) is 0 Å². The lowest BCUT2D eigenvalue weighted by Gasteiger charge is -2.33. The number of amides is 1. The monoisotopic (exact) mass is 701 g/mol. The number of likely N-dealkylation sites (tertiary alicyclic amines) is 1. The van der Waals surface area contributed by atoms with Gasteiger partial charge in [-0.2, -0.15) is 0 Å². The molecule has 0 bridgehead atoms. The van der Waals surface area contributed by atoms with Crippen molar-refractivity contribution < 1.29 is 19.0 Å². The fourth-order valence-corrected chi connectivity index (χ4v) is 8.19. The Morgan fingerprint density at radius 3 is 2.21 bits per heavy atom. The summed E-state index contributed by atoms with van der Waals surface area (Å²) >= 11 is 0. The first-order valence-electron chi connectivity index (χ1n) is 18.6. The second-order valence-corrected chi connectivity index (χ2v) is 14.1. The van der Waals surface area contributed by atoms with Gasteiger partial charge < -0.3 is 33.5 Å². The lowest BCUT2D eigenvalue weighted by Crippen LogP contribution is -2.39. The van der Waals surface area contributed by atoms with Gasteiger partial charge in [0.15, 0.2) is 11.5 Å². The van der Waals surface area contributed by atoms with Crippen LogP contribution in [-0.4, -0.2) is 92.4 Å². The van der Waals surface area contributed by atoms with Crippen molar-refractivity contribution in [1.82, 2.24) is 19.4 Å². The van der Waals surface area contributed by atoms with Crippen LogP contribution in [0, 0.1) is 0 Å². The second kappa shape index (κ2) is 16.1. The molecule has 2 aliphatic rings. The van der Waals surface area contributed by atoms with Crippen LogP contribution in [0.4, 0.5) is 5.95 Å². The predicted octanol–water partition coefficient (Wildman–Crippen LogP) is 7.08. The number of fused-ring (bicyclic) bond motifs is 1. The molecule has 2 aliphatic heterocycles. The Morgan fingerprint density at radius 2 is 1.48 bits per heavy atom. The van der Waals surface area contributed by atoms with E-state index < -0.39 is 0 Å². The minimum atomic E-state index is -0.129. The van der Waals surface area contributed by atoms with Crippen LogP contribution in [0.3, 0.4) is 0 Å². The van der Waals surface area contributed by atoms with Crippen LogP contribution in [0.1, 0.15) is 47.2 Å². The summed E-state index contributed by atoms with van der Waals surface area (Å²) in [6, 6.07) is 33.6. The number of rotatable bonds is 13. The molecule has 9 nitrogen and oxygen atoms in total. The van der Waals surface area contributed by atoms with E-state index in [0.717, 1.165) is 82.8 Å². The van der Waals surface area contributed by atoms with Gasteiger partial charge in [0.05, 0.1) is 32.4 Å². The van der Waals surface area contributed by atoms with E-state index in [0.29, 0.717) is 35.9 Å². The standard InChI is InChI=1S/C43H51N5O4/c1-50-38-30-34(31-39(51-2)40(38)52-3)41(49)47-27-22-43(32-47,35-17-8-5-9-18-35)21-26-45-23-13-24-46(29-28-45)42-44-36-19-10-11-20-37(36)48(42)25-12-16-33-14-6-4-7-15-33/h4-11,14-15,17-20,30-31H,12-13,16,21-29,32H2,1-3H3. The Hall–Kier alpha value is -5.02. The van der Waals surface area contributed by atoms with Crippen molar-refractivity contribution in [3.05, 3.63) is 114 Å². The molecule has 4 aromatic carbocycles. The van der Waals surface area contributed by atoms with E-state index >= 15 is 0 Å². The van der Waals surface area contributed by atoms with Crippen LogP contribution < -0.4 is 19.1 Å². The number of imidazole rings is 1. The SMILES string of the molecule is COc1cc(C(=O)N2CCC(CCN3CCCN(c4nc5ccccc5n4CCCc4ccccc4)CC3)(c3ccccc3)C2)cc(OC)c1OC. The summed E-state index contributed by atoms with van der Waals surface area (Å²) in [4.78, 5) is 26.3. The normalized spacial score (nSPS) is 18.1. The first-order chi connectivity index (χ1) is 25.5. The Kier molecular flexibility index (Phi) is 11.0. The number of carbonyl (C=O) groups is 1. The summed E-state index contributed by atoms with van der Waals surface area (Å²) in [5.41, 5.74) is 5.37. The van der Waals surface area contributed by atoms with Gasteiger partial charge in [-0.3, -0.25) is 4.79 Å². The molecule has 0 radical (unpaired) electrons. The Bertz CT molecular complexity index is 1920. The quantitative estimate of drug-likeness (QED) is 0.130. The summed E-state index contributed by atoms with van der Waals surface area (Å²) < 4.78 is 19.1. The molecule has 272 valence electrons. The molecule has 0 aliphatic carbocycles. The third-order valence-corrected chi connectivity index (χ3v) is 11.0. The van der Waals surface area contributed by atoms with Gasteiger partial charge in [0.1, 0.15) is 0 Å². The van der Waals surface area contributed by atoms with Crippen LogP contribution in [0.25, 0.3) is 11.0 Å². The number of hydrogen-bond acceptors (Lipinski definition) is 7. The summed E-state index contributed by atoms with van der Waals surface area (Å²) in [7, 11) is 4.73. The molecular weight excluding hydrogens is 651 g/mol. The molecule has 52 heavy (non-hydrogen) atoms. The predicted molar refractivity (Wildman–Crippen MR) is 207 cm³/mol. The van der Waals surface area contributed by atoms with Gasteiger partial charge in [0, 0.05) is 50.2 Å². The third kappa shape index (κ3) is 7.46. The van der Waals surface area contributed by atoms with Gasteiger partial charge in [0.25, 0.3) is 5.91 Å². The molecule has 0 saturated carbocycles.